The Labute approximate surface area is 145 Å². The minimum atomic E-state index is -0.399. The number of ether oxygens (including phenoxy) is 1. The van der Waals surface area contributed by atoms with Gasteiger partial charge in [0.1, 0.15) is 0 Å². The Balaban J connectivity index is 1.64. The van der Waals surface area contributed by atoms with E-state index in [1.807, 2.05) is 0 Å². The first-order valence-electron chi connectivity index (χ1n) is 9.48. The molecule has 3 rings (SSSR count). The maximum absolute atomic E-state index is 12.5. The van der Waals surface area contributed by atoms with Crippen molar-refractivity contribution < 1.29 is 14.6 Å². The van der Waals surface area contributed by atoms with Crippen LogP contribution >= 0.6 is 0 Å². The molecule has 3 fully saturated rings. The molecule has 2 aliphatic heterocycles. The first-order chi connectivity index (χ1) is 11.4. The van der Waals surface area contributed by atoms with Gasteiger partial charge in [-0.1, -0.05) is 19.3 Å². The van der Waals surface area contributed by atoms with E-state index in [4.69, 9.17) is 4.74 Å². The zero-order valence-electron chi connectivity index (χ0n) is 15.1. The molecule has 3 N–H and O–H groups in total. The molecule has 0 bridgehead atoms. The zero-order chi connectivity index (χ0) is 17.2. The van der Waals surface area contributed by atoms with Gasteiger partial charge in [0.25, 0.3) is 0 Å². The van der Waals surface area contributed by atoms with E-state index in [0.717, 1.165) is 32.5 Å². The minimum absolute atomic E-state index is 0.0315. The highest BCUT2D eigenvalue weighted by Crippen LogP contribution is 2.36. The number of β-amino-alcohol motifs (C(OH)–C–C–N with tert-alkyl or cyclic N) is 1. The molecule has 0 unspecified atom stereocenters. The molecule has 138 valence electrons. The number of carbonyl (C=O) groups is 1. The molecule has 24 heavy (non-hydrogen) atoms. The predicted molar refractivity (Wildman–Crippen MR) is 92.8 cm³/mol. The average molecular weight is 339 g/mol. The second-order valence-corrected chi connectivity index (χ2v) is 8.38. The van der Waals surface area contributed by atoms with Gasteiger partial charge in [0.15, 0.2) is 0 Å². The number of rotatable bonds is 4. The number of hydrogen-bond acceptors (Lipinski definition) is 5. The van der Waals surface area contributed by atoms with Gasteiger partial charge < -0.3 is 20.5 Å². The molecule has 1 saturated carbocycles. The van der Waals surface area contributed by atoms with Crippen LogP contribution in [0.15, 0.2) is 0 Å². The quantitative estimate of drug-likeness (QED) is 0.701. The average Bonchev–Trinajstić information content (AvgIpc) is 2.99. The van der Waals surface area contributed by atoms with Crippen molar-refractivity contribution in [2.45, 2.75) is 75.7 Å². The highest BCUT2D eigenvalue weighted by atomic mass is 16.5. The van der Waals surface area contributed by atoms with Crippen molar-refractivity contribution in [3.8, 4) is 0 Å². The summed E-state index contributed by atoms with van der Waals surface area (Å²) in [4.78, 5) is 15.0. The normalized spacial score (nSPS) is 33.3. The number of aliphatic hydroxyl groups is 1. The first-order valence-corrected chi connectivity index (χ1v) is 9.48. The molecule has 0 aromatic rings. The summed E-state index contributed by atoms with van der Waals surface area (Å²) in [5.41, 5.74) is -0.0595. The third-order valence-corrected chi connectivity index (χ3v) is 5.90. The van der Waals surface area contributed by atoms with Crippen molar-refractivity contribution in [3.05, 3.63) is 0 Å². The van der Waals surface area contributed by atoms with Gasteiger partial charge in [-0.25, -0.2) is 0 Å². The zero-order valence-corrected chi connectivity index (χ0v) is 15.1. The van der Waals surface area contributed by atoms with Gasteiger partial charge in [0, 0.05) is 31.7 Å². The number of morpholine rings is 1. The van der Waals surface area contributed by atoms with E-state index in [-0.39, 0.29) is 23.1 Å². The fraction of sp³-hybridized carbons (Fsp3) is 0.944. The van der Waals surface area contributed by atoms with Crippen LogP contribution in [0.3, 0.4) is 0 Å². The number of nitrogens with zero attached hydrogens (tertiary/aromatic N) is 1. The molecule has 0 aromatic heterocycles. The molecule has 0 spiro atoms. The Kier molecular flexibility index (Phi) is 5.49. The van der Waals surface area contributed by atoms with Crippen molar-refractivity contribution >= 4 is 5.91 Å². The van der Waals surface area contributed by atoms with E-state index in [9.17, 15) is 9.90 Å². The fourth-order valence-electron chi connectivity index (χ4n) is 4.53. The van der Waals surface area contributed by atoms with E-state index in [1.165, 1.54) is 19.3 Å². The summed E-state index contributed by atoms with van der Waals surface area (Å²) in [5, 5.41) is 15.9. The van der Waals surface area contributed by atoms with Gasteiger partial charge in [-0.05, 0) is 33.1 Å². The van der Waals surface area contributed by atoms with E-state index in [0.29, 0.717) is 19.5 Å². The molecule has 1 amide bonds. The van der Waals surface area contributed by atoms with Crippen molar-refractivity contribution in [1.29, 1.82) is 0 Å². The van der Waals surface area contributed by atoms with Crippen molar-refractivity contribution in [1.82, 2.24) is 15.5 Å². The lowest BCUT2D eigenvalue weighted by atomic mass is 9.79. The summed E-state index contributed by atoms with van der Waals surface area (Å²) in [6.07, 6.45) is 6.16. The largest absolute Gasteiger partial charge is 0.392 e. The van der Waals surface area contributed by atoms with Gasteiger partial charge in [0.2, 0.25) is 5.91 Å². The first kappa shape index (κ1) is 18.1. The lowest BCUT2D eigenvalue weighted by Gasteiger charge is -2.51. The van der Waals surface area contributed by atoms with Crippen LogP contribution in [0.2, 0.25) is 0 Å². The van der Waals surface area contributed by atoms with Crippen molar-refractivity contribution in [3.63, 3.8) is 0 Å². The standard InChI is InChI=1S/C18H33N3O3/c1-17(2)13-21(8-9-24-17)18(6-4-3-5-7-18)12-20-16(23)15-10-14(22)11-19-15/h14-15,19,22H,3-13H2,1-2H3,(H,20,23)/t14-,15-/m1/s1. The van der Waals surface area contributed by atoms with Crippen LogP contribution in [0, 0.1) is 0 Å². The maximum atomic E-state index is 12.5. The van der Waals surface area contributed by atoms with Crippen LogP contribution in [0.1, 0.15) is 52.4 Å². The van der Waals surface area contributed by atoms with Gasteiger partial charge in [-0.15, -0.1) is 0 Å². The van der Waals surface area contributed by atoms with Gasteiger partial charge in [-0.2, -0.15) is 0 Å². The second kappa shape index (κ2) is 7.28. The third kappa shape index (κ3) is 4.10. The summed E-state index contributed by atoms with van der Waals surface area (Å²) in [7, 11) is 0. The van der Waals surface area contributed by atoms with Crippen molar-refractivity contribution in [2.75, 3.05) is 32.8 Å². The number of hydrogen-bond donors (Lipinski definition) is 3. The second-order valence-electron chi connectivity index (χ2n) is 8.38. The Hall–Kier alpha value is -0.690. The minimum Gasteiger partial charge on any atom is -0.392 e. The Bertz CT molecular complexity index is 449. The molecule has 2 atom stereocenters. The molecular formula is C18H33N3O3. The van der Waals surface area contributed by atoms with Crippen LogP contribution < -0.4 is 10.6 Å². The van der Waals surface area contributed by atoms with E-state index < -0.39 is 6.10 Å². The summed E-state index contributed by atoms with van der Waals surface area (Å²) >= 11 is 0. The fourth-order valence-corrected chi connectivity index (χ4v) is 4.53. The summed E-state index contributed by atoms with van der Waals surface area (Å²) in [6.45, 7) is 8.15. The van der Waals surface area contributed by atoms with Gasteiger partial charge >= 0.3 is 0 Å². The topological polar surface area (TPSA) is 73.8 Å². The molecule has 3 aliphatic rings. The van der Waals surface area contributed by atoms with E-state index >= 15 is 0 Å². The summed E-state index contributed by atoms with van der Waals surface area (Å²) in [5.74, 6) is 0.0315. The molecule has 6 heteroatoms. The predicted octanol–water partition coefficient (Wildman–Crippen LogP) is 0.639. The molecule has 0 aromatic carbocycles. The Morgan fingerprint density at radius 1 is 1.33 bits per heavy atom. The van der Waals surface area contributed by atoms with Crippen LogP contribution in [0.25, 0.3) is 0 Å². The van der Waals surface area contributed by atoms with Crippen LogP contribution in [0.4, 0.5) is 0 Å². The summed E-state index contributed by atoms with van der Waals surface area (Å²) < 4.78 is 5.88. The highest BCUT2D eigenvalue weighted by Gasteiger charge is 2.43. The number of nitrogens with one attached hydrogen (secondary N) is 2. The highest BCUT2D eigenvalue weighted by molar-refractivity contribution is 5.82. The lowest BCUT2D eigenvalue weighted by molar-refractivity contribution is -0.130. The monoisotopic (exact) mass is 339 g/mol. The Morgan fingerprint density at radius 3 is 2.71 bits per heavy atom. The number of aliphatic hydroxyl groups excluding tert-OH is 1. The SMILES string of the molecule is CC1(C)CN(C2(CNC(=O)[C@H]3C[C@@H](O)CN3)CCCCC2)CCO1. The number of amides is 1. The molecule has 0 radical (unpaired) electrons. The van der Waals surface area contributed by atoms with Crippen LogP contribution in [-0.2, 0) is 9.53 Å². The molecule has 6 nitrogen and oxygen atoms in total. The van der Waals surface area contributed by atoms with Gasteiger partial charge in [-0.3, -0.25) is 9.69 Å². The maximum Gasteiger partial charge on any atom is 0.237 e. The molecule has 2 saturated heterocycles. The Morgan fingerprint density at radius 2 is 2.08 bits per heavy atom. The smallest absolute Gasteiger partial charge is 0.237 e. The molecular weight excluding hydrogens is 306 g/mol. The molecule has 2 heterocycles. The van der Waals surface area contributed by atoms with Crippen LogP contribution in [-0.4, -0.2) is 72.0 Å². The van der Waals surface area contributed by atoms with Gasteiger partial charge in [0.05, 0.1) is 24.4 Å². The molecule has 1 aliphatic carbocycles. The third-order valence-electron chi connectivity index (χ3n) is 5.90. The van der Waals surface area contributed by atoms with Crippen molar-refractivity contribution in [2.24, 2.45) is 0 Å². The van der Waals surface area contributed by atoms with E-state index in [2.05, 4.69) is 29.4 Å². The van der Waals surface area contributed by atoms with Crippen LogP contribution in [0.5, 0.6) is 0 Å². The lowest BCUT2D eigenvalue weighted by Crippen LogP contribution is -2.63. The summed E-state index contributed by atoms with van der Waals surface area (Å²) in [6, 6.07) is -0.248. The van der Waals surface area contributed by atoms with E-state index in [1.54, 1.807) is 0 Å². The number of carbonyl (C=O) groups excluding carboxylic acids is 1.